The maximum absolute atomic E-state index is 10.5. The third-order valence-corrected chi connectivity index (χ3v) is 17.0. The highest BCUT2D eigenvalue weighted by molar-refractivity contribution is 6.82. The Kier molecular flexibility index (Phi) is 28.2. The van der Waals surface area contributed by atoms with Gasteiger partial charge in [-0.2, -0.15) is 5.26 Å². The highest BCUT2D eigenvalue weighted by Gasteiger charge is 2.33. The van der Waals surface area contributed by atoms with Crippen molar-refractivity contribution in [2.24, 2.45) is 0 Å². The molecule has 0 aliphatic carbocycles. The fourth-order valence-corrected chi connectivity index (χ4v) is 17.2. The standard InChI is InChI=1S/C16H27NSi.C16H28OSi.C2H6.H2O/c2*1-14(2)11-18(12-15(3)4,13-16(5)6)10-8-7-9-17;1-2;/h1,3,5,7-8,10-13H2,2,4,6H3;9H,1,3,5,7-8,10-13H2,2,4,6H3;1-2H3;1H2. The number of carbonyl (C=O) groups excluding carboxylic acids is 1. The summed E-state index contributed by atoms with van der Waals surface area (Å²) in [5.41, 5.74) is 7.57. The molecule has 0 radical (unpaired) electrons. The van der Waals surface area contributed by atoms with Crippen LogP contribution in [0, 0.1) is 11.3 Å². The van der Waals surface area contributed by atoms with Gasteiger partial charge in [-0.05, 0) is 90.6 Å². The fraction of sp³-hybridized carbons (Fsp3) is 0.588. The normalized spacial score (nSPS) is 10.2. The lowest BCUT2D eigenvalue weighted by Gasteiger charge is -2.33. The number of aldehydes is 1. The lowest BCUT2D eigenvalue weighted by molar-refractivity contribution is -0.107. The predicted octanol–water partition coefficient (Wildman–Crippen LogP) is 10.8. The van der Waals surface area contributed by atoms with Crippen molar-refractivity contribution in [1.82, 2.24) is 0 Å². The summed E-state index contributed by atoms with van der Waals surface area (Å²) in [6, 6.07) is 11.4. The number of allylic oxidation sites excluding steroid dienone is 6. The maximum Gasteiger partial charge on any atom is 0.119 e. The molecule has 0 atom stereocenters. The average molecular weight is 574 g/mol. The molecule has 0 saturated heterocycles. The van der Waals surface area contributed by atoms with Gasteiger partial charge in [0.15, 0.2) is 0 Å². The van der Waals surface area contributed by atoms with Crippen LogP contribution in [0.1, 0.15) is 81.1 Å². The molecule has 5 heteroatoms. The Labute approximate surface area is 245 Å². The van der Waals surface area contributed by atoms with E-state index in [1.165, 1.54) is 45.5 Å². The average Bonchev–Trinajstić information content (AvgIpc) is 2.73. The zero-order chi connectivity index (χ0) is 30.4. The zero-order valence-corrected chi connectivity index (χ0v) is 29.2. The minimum Gasteiger partial charge on any atom is -0.412 e. The van der Waals surface area contributed by atoms with E-state index in [9.17, 15) is 4.79 Å². The van der Waals surface area contributed by atoms with Crippen molar-refractivity contribution in [3.05, 3.63) is 72.9 Å². The van der Waals surface area contributed by atoms with E-state index in [0.717, 1.165) is 55.4 Å². The van der Waals surface area contributed by atoms with Crippen LogP contribution >= 0.6 is 0 Å². The predicted molar refractivity (Wildman–Crippen MR) is 184 cm³/mol. The number of hydrogen-bond donors (Lipinski definition) is 0. The molecule has 0 rings (SSSR count). The van der Waals surface area contributed by atoms with Crippen LogP contribution in [0.2, 0.25) is 48.4 Å². The summed E-state index contributed by atoms with van der Waals surface area (Å²) in [5, 5.41) is 8.72. The summed E-state index contributed by atoms with van der Waals surface area (Å²) in [6.45, 7) is 41.2. The van der Waals surface area contributed by atoms with Gasteiger partial charge in [0.2, 0.25) is 0 Å². The quantitative estimate of drug-likeness (QED) is 0.0667. The summed E-state index contributed by atoms with van der Waals surface area (Å²) in [6.07, 6.45) is 4.39. The lowest BCUT2D eigenvalue weighted by atomic mass is 10.4. The van der Waals surface area contributed by atoms with Gasteiger partial charge >= 0.3 is 0 Å². The van der Waals surface area contributed by atoms with Crippen LogP contribution in [0.15, 0.2) is 72.9 Å². The number of hydrogen-bond acceptors (Lipinski definition) is 2. The van der Waals surface area contributed by atoms with Crippen molar-refractivity contribution in [2.45, 2.75) is 129 Å². The molecule has 0 heterocycles. The molecule has 0 spiro atoms. The Morgan fingerprint density at radius 1 is 0.615 bits per heavy atom. The summed E-state index contributed by atoms with van der Waals surface area (Å²) in [7, 11) is -2.95. The number of carbonyl (C=O) groups is 1. The van der Waals surface area contributed by atoms with Crippen molar-refractivity contribution in [3.8, 4) is 6.07 Å². The van der Waals surface area contributed by atoms with E-state index in [-0.39, 0.29) is 5.48 Å². The van der Waals surface area contributed by atoms with E-state index in [0.29, 0.717) is 12.8 Å². The number of rotatable bonds is 19. The molecule has 0 aromatic heterocycles. The highest BCUT2D eigenvalue weighted by Crippen LogP contribution is 2.36. The molecule has 224 valence electrons. The molecule has 0 bridgehead atoms. The first-order chi connectivity index (χ1) is 17.6. The molecule has 0 aliphatic heterocycles. The second kappa shape index (κ2) is 25.0. The van der Waals surface area contributed by atoms with Gasteiger partial charge in [0.1, 0.15) is 6.29 Å². The van der Waals surface area contributed by atoms with E-state index in [4.69, 9.17) is 5.26 Å². The van der Waals surface area contributed by atoms with Crippen LogP contribution in [0.3, 0.4) is 0 Å². The molecule has 0 unspecified atom stereocenters. The third-order valence-electron chi connectivity index (χ3n) is 6.09. The van der Waals surface area contributed by atoms with Crippen LogP contribution in [0.5, 0.6) is 0 Å². The summed E-state index contributed by atoms with van der Waals surface area (Å²) < 4.78 is 0. The van der Waals surface area contributed by atoms with Gasteiger partial charge in [-0.25, -0.2) is 0 Å². The van der Waals surface area contributed by atoms with E-state index in [1.54, 1.807) is 0 Å². The minimum absolute atomic E-state index is 0. The first-order valence-electron chi connectivity index (χ1n) is 14.3. The molecule has 0 aromatic carbocycles. The maximum atomic E-state index is 10.5. The van der Waals surface area contributed by atoms with Gasteiger partial charge in [-0.3, -0.25) is 0 Å². The fourth-order valence-electron chi connectivity index (χ4n) is 5.85. The summed E-state index contributed by atoms with van der Waals surface area (Å²) in [5.74, 6) is 0. The Morgan fingerprint density at radius 3 is 1.08 bits per heavy atom. The smallest absolute Gasteiger partial charge is 0.119 e. The molecule has 0 aromatic rings. The van der Waals surface area contributed by atoms with E-state index in [2.05, 4.69) is 87.1 Å². The van der Waals surface area contributed by atoms with Gasteiger partial charge in [0.25, 0.3) is 0 Å². The van der Waals surface area contributed by atoms with Crippen molar-refractivity contribution < 1.29 is 10.3 Å². The van der Waals surface area contributed by atoms with Gasteiger partial charge in [-0.15, -0.1) is 39.5 Å². The molecule has 0 fully saturated rings. The van der Waals surface area contributed by atoms with Crippen molar-refractivity contribution in [3.63, 3.8) is 0 Å². The van der Waals surface area contributed by atoms with Crippen molar-refractivity contribution in [1.29, 1.82) is 5.26 Å². The minimum atomic E-state index is -1.48. The monoisotopic (exact) mass is 573 g/mol. The first kappa shape index (κ1) is 44.0. The number of unbranched alkanes of at least 4 members (excludes halogenated alkanes) is 2. The van der Waals surface area contributed by atoms with Gasteiger partial charge < -0.3 is 10.3 Å². The van der Waals surface area contributed by atoms with Gasteiger partial charge in [0.05, 0.1) is 22.2 Å². The summed E-state index contributed by atoms with van der Waals surface area (Å²) in [4.78, 5) is 10.5. The van der Waals surface area contributed by atoms with E-state index < -0.39 is 16.1 Å². The second-order valence-corrected chi connectivity index (χ2v) is 21.0. The number of nitriles is 1. The molecule has 0 saturated carbocycles. The van der Waals surface area contributed by atoms with E-state index in [1.807, 2.05) is 13.8 Å². The highest BCUT2D eigenvalue weighted by atomic mass is 28.3. The molecule has 2 N–H and O–H groups in total. The van der Waals surface area contributed by atoms with Crippen LogP contribution in [0.25, 0.3) is 0 Å². The van der Waals surface area contributed by atoms with Gasteiger partial charge in [-0.1, -0.05) is 59.4 Å². The largest absolute Gasteiger partial charge is 0.412 e. The van der Waals surface area contributed by atoms with Crippen LogP contribution in [-0.2, 0) is 4.79 Å². The van der Waals surface area contributed by atoms with Crippen LogP contribution in [0.4, 0.5) is 0 Å². The van der Waals surface area contributed by atoms with Crippen molar-refractivity contribution in [2.75, 3.05) is 0 Å². The van der Waals surface area contributed by atoms with E-state index >= 15 is 0 Å². The molecule has 0 amide bonds. The Balaban J connectivity index is -0.000000288. The second-order valence-electron chi connectivity index (χ2n) is 11.9. The Morgan fingerprint density at radius 2 is 0.872 bits per heavy atom. The molecule has 3 nitrogen and oxygen atoms in total. The first-order valence-corrected chi connectivity index (χ1v) is 19.9. The third kappa shape index (κ3) is 26.0. The summed E-state index contributed by atoms with van der Waals surface area (Å²) >= 11 is 0. The molecular formula is C34H63NO2Si2. The number of nitrogens with zero attached hydrogens (tertiary/aromatic N) is 1. The van der Waals surface area contributed by atoms with Crippen LogP contribution in [-0.4, -0.2) is 27.9 Å². The molecule has 0 aliphatic rings. The molecular weight excluding hydrogens is 511 g/mol. The Bertz CT molecular complexity index is 751. The zero-order valence-electron chi connectivity index (χ0n) is 27.2. The molecule has 39 heavy (non-hydrogen) atoms. The lowest BCUT2D eigenvalue weighted by Crippen LogP contribution is -2.34. The van der Waals surface area contributed by atoms with Crippen molar-refractivity contribution >= 4 is 22.4 Å². The van der Waals surface area contributed by atoms with Crippen LogP contribution < -0.4 is 0 Å². The Hall–Kier alpha value is -2.01. The van der Waals surface area contributed by atoms with Gasteiger partial charge in [0, 0.05) is 12.8 Å². The topological polar surface area (TPSA) is 72.4 Å². The SMILES string of the molecule is C=C(C)C[Si](CCCC#N)(CC(=C)C)CC(=C)C.C=C(C)C[Si](CCCC=O)(CC(=C)C)CC(=C)C.CC.O.